The van der Waals surface area contributed by atoms with Crippen molar-refractivity contribution in [1.82, 2.24) is 10.2 Å². The number of rotatable bonds is 2. The Morgan fingerprint density at radius 3 is 2.39 bits per heavy atom. The normalized spacial score (nSPS) is 20.1. The molecule has 1 aromatic rings. The summed E-state index contributed by atoms with van der Waals surface area (Å²) in [4.78, 5) is 4.13. The first-order chi connectivity index (χ1) is 8.39. The third-order valence-corrected chi connectivity index (χ3v) is 5.67. The van der Waals surface area contributed by atoms with E-state index in [9.17, 15) is 0 Å². The van der Waals surface area contributed by atoms with Gasteiger partial charge in [0, 0.05) is 37.1 Å². The minimum absolute atomic E-state index is 0.272. The SMILES string of the molecule is Cc1cc([C@@H](N2CCNCC2)C(C)(C)C)sc1Br. The first kappa shape index (κ1) is 14.5. The average Bonchev–Trinajstić information content (AvgIpc) is 2.58. The van der Waals surface area contributed by atoms with Crippen LogP contribution in [0.25, 0.3) is 0 Å². The standard InChI is InChI=1S/C14H23BrN2S/c1-10-9-11(18-13(10)15)12(14(2,3)4)17-7-5-16-6-8-17/h9,12,16H,5-8H2,1-4H3/t12-/m1/s1. The lowest BCUT2D eigenvalue weighted by Gasteiger charge is -2.41. The molecule has 2 nitrogen and oxygen atoms in total. The van der Waals surface area contributed by atoms with Gasteiger partial charge < -0.3 is 5.32 Å². The minimum Gasteiger partial charge on any atom is -0.314 e. The fraction of sp³-hybridized carbons (Fsp3) is 0.714. The Bertz CT molecular complexity index is 383. The molecule has 1 N–H and O–H groups in total. The number of thiophene rings is 1. The molecule has 1 aliphatic heterocycles. The zero-order valence-electron chi connectivity index (χ0n) is 11.7. The van der Waals surface area contributed by atoms with Gasteiger partial charge in [-0.05, 0) is 39.9 Å². The van der Waals surface area contributed by atoms with E-state index < -0.39 is 0 Å². The molecule has 0 amide bonds. The second-order valence-corrected chi connectivity index (χ2v) is 8.56. The van der Waals surface area contributed by atoms with E-state index in [0.717, 1.165) is 26.2 Å². The van der Waals surface area contributed by atoms with Crippen LogP contribution >= 0.6 is 27.3 Å². The van der Waals surface area contributed by atoms with E-state index in [1.807, 2.05) is 11.3 Å². The maximum absolute atomic E-state index is 3.66. The van der Waals surface area contributed by atoms with E-state index >= 15 is 0 Å². The number of nitrogens with zero attached hydrogens (tertiary/aromatic N) is 1. The van der Waals surface area contributed by atoms with Crippen molar-refractivity contribution in [2.45, 2.75) is 33.7 Å². The van der Waals surface area contributed by atoms with Crippen LogP contribution in [-0.2, 0) is 0 Å². The molecule has 1 aliphatic rings. The van der Waals surface area contributed by atoms with Crippen molar-refractivity contribution >= 4 is 27.3 Å². The largest absolute Gasteiger partial charge is 0.314 e. The summed E-state index contributed by atoms with van der Waals surface area (Å²) in [6.45, 7) is 13.7. The highest BCUT2D eigenvalue weighted by atomic mass is 79.9. The fourth-order valence-corrected chi connectivity index (χ4v) is 4.67. The van der Waals surface area contributed by atoms with E-state index in [1.165, 1.54) is 14.2 Å². The second kappa shape index (κ2) is 5.61. The highest BCUT2D eigenvalue weighted by Gasteiger charge is 2.33. The third-order valence-electron chi connectivity index (χ3n) is 3.48. The zero-order chi connectivity index (χ0) is 13.3. The summed E-state index contributed by atoms with van der Waals surface area (Å²) in [5.41, 5.74) is 1.63. The lowest BCUT2D eigenvalue weighted by Crippen LogP contribution is -2.48. The molecular formula is C14H23BrN2S. The number of halogens is 1. The first-order valence-electron chi connectivity index (χ1n) is 6.60. The molecule has 1 fully saturated rings. The lowest BCUT2D eigenvalue weighted by atomic mass is 9.84. The van der Waals surface area contributed by atoms with Crippen molar-refractivity contribution in [2.75, 3.05) is 26.2 Å². The Morgan fingerprint density at radius 2 is 1.94 bits per heavy atom. The molecule has 0 spiro atoms. The minimum atomic E-state index is 0.272. The summed E-state index contributed by atoms with van der Waals surface area (Å²) in [6, 6.07) is 2.88. The van der Waals surface area contributed by atoms with Crippen LogP contribution in [0.1, 0.15) is 37.3 Å². The molecule has 1 aromatic heterocycles. The molecule has 102 valence electrons. The predicted octanol–water partition coefficient (Wildman–Crippen LogP) is 3.81. The van der Waals surface area contributed by atoms with Gasteiger partial charge >= 0.3 is 0 Å². The van der Waals surface area contributed by atoms with Gasteiger partial charge in [-0.15, -0.1) is 11.3 Å². The van der Waals surface area contributed by atoms with Gasteiger partial charge in [0.1, 0.15) is 0 Å². The summed E-state index contributed by atoms with van der Waals surface area (Å²) in [5.74, 6) is 0. The average molecular weight is 331 g/mol. The smallest absolute Gasteiger partial charge is 0.0731 e. The Balaban J connectivity index is 2.30. The van der Waals surface area contributed by atoms with Gasteiger partial charge in [0.25, 0.3) is 0 Å². The van der Waals surface area contributed by atoms with Crippen LogP contribution in [-0.4, -0.2) is 31.1 Å². The van der Waals surface area contributed by atoms with Crippen LogP contribution in [0.15, 0.2) is 9.85 Å². The topological polar surface area (TPSA) is 15.3 Å². The maximum atomic E-state index is 3.66. The third kappa shape index (κ3) is 3.16. The number of aryl methyl sites for hydroxylation is 1. The molecule has 0 radical (unpaired) electrons. The van der Waals surface area contributed by atoms with E-state index in [4.69, 9.17) is 0 Å². The summed E-state index contributed by atoms with van der Waals surface area (Å²) in [7, 11) is 0. The molecule has 0 aliphatic carbocycles. The van der Waals surface area contributed by atoms with Crippen molar-refractivity contribution in [3.05, 3.63) is 20.3 Å². The van der Waals surface area contributed by atoms with E-state index in [-0.39, 0.29) is 5.41 Å². The van der Waals surface area contributed by atoms with Crippen LogP contribution in [0.3, 0.4) is 0 Å². The van der Waals surface area contributed by atoms with Crippen LogP contribution < -0.4 is 5.32 Å². The molecule has 1 atom stereocenters. The van der Waals surface area contributed by atoms with Crippen molar-refractivity contribution < 1.29 is 0 Å². The van der Waals surface area contributed by atoms with Gasteiger partial charge in [-0.2, -0.15) is 0 Å². The van der Waals surface area contributed by atoms with Gasteiger partial charge in [-0.25, -0.2) is 0 Å². The van der Waals surface area contributed by atoms with Crippen LogP contribution in [0.4, 0.5) is 0 Å². The Labute approximate surface area is 123 Å². The number of hydrogen-bond donors (Lipinski definition) is 1. The highest BCUT2D eigenvalue weighted by Crippen LogP contribution is 2.43. The molecule has 1 saturated heterocycles. The molecule has 0 saturated carbocycles. The molecule has 2 heterocycles. The van der Waals surface area contributed by atoms with Crippen molar-refractivity contribution in [1.29, 1.82) is 0 Å². The number of nitrogens with one attached hydrogen (secondary N) is 1. The quantitative estimate of drug-likeness (QED) is 0.886. The van der Waals surface area contributed by atoms with Crippen LogP contribution in [0.2, 0.25) is 0 Å². The zero-order valence-corrected chi connectivity index (χ0v) is 14.1. The van der Waals surface area contributed by atoms with Gasteiger partial charge in [0.05, 0.1) is 3.79 Å². The monoisotopic (exact) mass is 330 g/mol. The molecule has 4 heteroatoms. The van der Waals surface area contributed by atoms with Crippen LogP contribution in [0.5, 0.6) is 0 Å². The molecule has 18 heavy (non-hydrogen) atoms. The maximum Gasteiger partial charge on any atom is 0.0731 e. The number of hydrogen-bond acceptors (Lipinski definition) is 3. The summed E-state index contributed by atoms with van der Waals surface area (Å²) in [5, 5.41) is 3.44. The summed E-state index contributed by atoms with van der Waals surface area (Å²) >= 11 is 5.56. The molecular weight excluding hydrogens is 308 g/mol. The fourth-order valence-electron chi connectivity index (χ4n) is 2.71. The first-order valence-corrected chi connectivity index (χ1v) is 8.21. The van der Waals surface area contributed by atoms with Crippen LogP contribution in [0, 0.1) is 12.3 Å². The van der Waals surface area contributed by atoms with Crippen molar-refractivity contribution in [2.24, 2.45) is 5.41 Å². The van der Waals surface area contributed by atoms with E-state index in [2.05, 4.69) is 59.9 Å². The lowest BCUT2D eigenvalue weighted by molar-refractivity contribution is 0.0888. The molecule has 0 aromatic carbocycles. The molecule has 0 bridgehead atoms. The second-order valence-electron chi connectivity index (χ2n) is 6.16. The van der Waals surface area contributed by atoms with Crippen molar-refractivity contribution in [3.63, 3.8) is 0 Å². The summed E-state index contributed by atoms with van der Waals surface area (Å²) < 4.78 is 1.28. The van der Waals surface area contributed by atoms with Gasteiger partial charge in [0.15, 0.2) is 0 Å². The predicted molar refractivity (Wildman–Crippen MR) is 83.4 cm³/mol. The van der Waals surface area contributed by atoms with Gasteiger partial charge in [0.2, 0.25) is 0 Å². The van der Waals surface area contributed by atoms with Crippen molar-refractivity contribution in [3.8, 4) is 0 Å². The van der Waals surface area contributed by atoms with Gasteiger partial charge in [-0.1, -0.05) is 20.8 Å². The molecule has 2 rings (SSSR count). The Kier molecular flexibility index (Phi) is 4.52. The van der Waals surface area contributed by atoms with E-state index in [1.54, 1.807) is 0 Å². The van der Waals surface area contributed by atoms with E-state index in [0.29, 0.717) is 6.04 Å². The molecule has 0 unspecified atom stereocenters. The Morgan fingerprint density at radius 1 is 1.33 bits per heavy atom. The summed E-state index contributed by atoms with van der Waals surface area (Å²) in [6.07, 6.45) is 0. The highest BCUT2D eigenvalue weighted by molar-refractivity contribution is 9.11. The Hall–Kier alpha value is 0.100. The number of piperazine rings is 1. The van der Waals surface area contributed by atoms with Gasteiger partial charge in [-0.3, -0.25) is 4.90 Å².